The predicted molar refractivity (Wildman–Crippen MR) is 51.2 cm³/mol. The zero-order valence-electron chi connectivity index (χ0n) is 8.23. The normalized spacial score (nSPS) is 15.1. The molecule has 4 nitrogen and oxygen atoms in total. The van der Waals surface area contributed by atoms with Crippen LogP contribution >= 0.6 is 0 Å². The zero-order valence-corrected chi connectivity index (χ0v) is 8.23. The SMILES string of the molecule is Cc1ccc([C@@H](C)[C@H](O)CO)oc1=O. The first-order valence-electron chi connectivity index (χ1n) is 4.46. The van der Waals surface area contributed by atoms with Crippen LogP contribution in [0.3, 0.4) is 0 Å². The van der Waals surface area contributed by atoms with Crippen molar-refractivity contribution in [1.29, 1.82) is 0 Å². The van der Waals surface area contributed by atoms with Crippen molar-refractivity contribution < 1.29 is 14.6 Å². The van der Waals surface area contributed by atoms with Crippen LogP contribution in [0.25, 0.3) is 0 Å². The molecule has 0 spiro atoms. The second-order valence-electron chi connectivity index (χ2n) is 3.35. The highest BCUT2D eigenvalue weighted by Crippen LogP contribution is 2.17. The quantitative estimate of drug-likeness (QED) is 0.737. The number of rotatable bonds is 3. The monoisotopic (exact) mass is 198 g/mol. The van der Waals surface area contributed by atoms with Gasteiger partial charge in [-0.05, 0) is 19.1 Å². The smallest absolute Gasteiger partial charge is 0.338 e. The summed E-state index contributed by atoms with van der Waals surface area (Å²) in [6.45, 7) is 3.00. The summed E-state index contributed by atoms with van der Waals surface area (Å²) in [5.41, 5.74) is 0.124. The summed E-state index contributed by atoms with van der Waals surface area (Å²) in [5.74, 6) is 0.00968. The van der Waals surface area contributed by atoms with E-state index in [-0.39, 0.29) is 12.5 Å². The molecular weight excluding hydrogens is 184 g/mol. The van der Waals surface area contributed by atoms with Crippen molar-refractivity contribution in [1.82, 2.24) is 0 Å². The van der Waals surface area contributed by atoms with E-state index in [9.17, 15) is 9.90 Å². The Labute approximate surface area is 81.8 Å². The van der Waals surface area contributed by atoms with Crippen molar-refractivity contribution >= 4 is 0 Å². The van der Waals surface area contributed by atoms with E-state index in [1.54, 1.807) is 26.0 Å². The highest BCUT2D eigenvalue weighted by atomic mass is 16.4. The first-order valence-corrected chi connectivity index (χ1v) is 4.46. The number of aliphatic hydroxyl groups is 2. The maximum absolute atomic E-state index is 11.1. The van der Waals surface area contributed by atoms with Crippen LogP contribution in [0, 0.1) is 6.92 Å². The first-order chi connectivity index (χ1) is 6.56. The summed E-state index contributed by atoms with van der Waals surface area (Å²) in [7, 11) is 0. The first kappa shape index (κ1) is 10.9. The number of hydrogen-bond acceptors (Lipinski definition) is 4. The van der Waals surface area contributed by atoms with Crippen molar-refractivity contribution in [3.8, 4) is 0 Å². The Bertz CT molecular complexity index is 355. The number of aliphatic hydroxyl groups excluding tert-OH is 2. The van der Waals surface area contributed by atoms with E-state index in [2.05, 4.69) is 0 Å². The lowest BCUT2D eigenvalue weighted by Crippen LogP contribution is -2.21. The van der Waals surface area contributed by atoms with Gasteiger partial charge in [-0.3, -0.25) is 0 Å². The van der Waals surface area contributed by atoms with Gasteiger partial charge in [-0.25, -0.2) is 4.79 Å². The molecule has 0 aliphatic rings. The van der Waals surface area contributed by atoms with Crippen molar-refractivity contribution in [2.24, 2.45) is 0 Å². The van der Waals surface area contributed by atoms with Crippen molar-refractivity contribution in [3.05, 3.63) is 33.9 Å². The third kappa shape index (κ3) is 2.21. The van der Waals surface area contributed by atoms with E-state index in [1.165, 1.54) is 0 Å². The molecule has 0 saturated carbocycles. The van der Waals surface area contributed by atoms with Crippen LogP contribution in [0.1, 0.15) is 24.2 Å². The summed E-state index contributed by atoms with van der Waals surface area (Å²) >= 11 is 0. The minimum Gasteiger partial charge on any atom is -0.427 e. The molecule has 1 rings (SSSR count). The van der Waals surface area contributed by atoms with Gasteiger partial charge in [0.1, 0.15) is 5.76 Å². The molecular formula is C10H14O4. The van der Waals surface area contributed by atoms with Gasteiger partial charge in [0.2, 0.25) is 0 Å². The van der Waals surface area contributed by atoms with Crippen LogP contribution in [0.15, 0.2) is 21.3 Å². The highest BCUT2D eigenvalue weighted by molar-refractivity contribution is 5.12. The molecule has 0 amide bonds. The maximum Gasteiger partial charge on any atom is 0.338 e. The molecule has 0 radical (unpaired) electrons. The van der Waals surface area contributed by atoms with Crippen LogP contribution in [-0.4, -0.2) is 22.9 Å². The molecule has 1 heterocycles. The van der Waals surface area contributed by atoms with E-state index < -0.39 is 11.7 Å². The maximum atomic E-state index is 11.1. The summed E-state index contributed by atoms with van der Waals surface area (Å²) < 4.78 is 4.97. The second-order valence-corrected chi connectivity index (χ2v) is 3.35. The highest BCUT2D eigenvalue weighted by Gasteiger charge is 2.17. The molecule has 2 N–H and O–H groups in total. The average molecular weight is 198 g/mol. The molecule has 0 fully saturated rings. The van der Waals surface area contributed by atoms with E-state index in [4.69, 9.17) is 9.52 Å². The lowest BCUT2D eigenvalue weighted by Gasteiger charge is -2.14. The Hall–Kier alpha value is -1.13. The van der Waals surface area contributed by atoms with Gasteiger partial charge < -0.3 is 14.6 Å². The van der Waals surface area contributed by atoms with Gasteiger partial charge in [0.05, 0.1) is 12.7 Å². The number of aryl methyl sites for hydroxylation is 1. The molecule has 0 unspecified atom stereocenters. The molecule has 0 bridgehead atoms. The van der Waals surface area contributed by atoms with Crippen LogP contribution in [-0.2, 0) is 0 Å². The molecule has 78 valence electrons. The van der Waals surface area contributed by atoms with Crippen LogP contribution in [0.4, 0.5) is 0 Å². The van der Waals surface area contributed by atoms with E-state index in [0.717, 1.165) is 0 Å². The fraction of sp³-hybridized carbons (Fsp3) is 0.500. The Morgan fingerprint density at radius 1 is 1.50 bits per heavy atom. The van der Waals surface area contributed by atoms with Gasteiger partial charge in [-0.2, -0.15) is 0 Å². The second kappa shape index (κ2) is 4.39. The minimum absolute atomic E-state index is 0.348. The van der Waals surface area contributed by atoms with Gasteiger partial charge in [0, 0.05) is 11.5 Å². The molecule has 1 aromatic heterocycles. The van der Waals surface area contributed by atoms with Crippen molar-refractivity contribution in [2.45, 2.75) is 25.9 Å². The molecule has 14 heavy (non-hydrogen) atoms. The van der Waals surface area contributed by atoms with Gasteiger partial charge in [-0.15, -0.1) is 0 Å². The van der Waals surface area contributed by atoms with E-state index >= 15 is 0 Å². The fourth-order valence-electron chi connectivity index (χ4n) is 1.09. The van der Waals surface area contributed by atoms with Gasteiger partial charge >= 0.3 is 5.63 Å². The molecule has 0 aliphatic heterocycles. The topological polar surface area (TPSA) is 70.7 Å². The Balaban J connectivity index is 2.97. The van der Waals surface area contributed by atoms with E-state index in [1.807, 2.05) is 0 Å². The van der Waals surface area contributed by atoms with Crippen LogP contribution < -0.4 is 5.63 Å². The van der Waals surface area contributed by atoms with Gasteiger partial charge in [-0.1, -0.05) is 6.92 Å². The van der Waals surface area contributed by atoms with Gasteiger partial charge in [0.15, 0.2) is 0 Å². The third-order valence-corrected chi connectivity index (χ3v) is 2.24. The third-order valence-electron chi connectivity index (χ3n) is 2.24. The zero-order chi connectivity index (χ0) is 10.7. The Morgan fingerprint density at radius 2 is 2.14 bits per heavy atom. The lowest BCUT2D eigenvalue weighted by atomic mass is 10.0. The molecule has 0 aliphatic carbocycles. The van der Waals surface area contributed by atoms with Crippen molar-refractivity contribution in [3.63, 3.8) is 0 Å². The standard InChI is InChI=1S/C10H14O4/c1-6-3-4-9(14-10(6)13)7(2)8(12)5-11/h3-4,7-8,11-12H,5H2,1-2H3/t7-,8+/m0/s1. The predicted octanol–water partition coefficient (Wildman–Crippen LogP) is 0.405. The summed E-state index contributed by atoms with van der Waals surface area (Å²) in [4.78, 5) is 11.1. The Kier molecular flexibility index (Phi) is 3.43. The largest absolute Gasteiger partial charge is 0.427 e. The molecule has 1 aromatic rings. The average Bonchev–Trinajstić information content (AvgIpc) is 2.20. The molecule has 4 heteroatoms. The summed E-state index contributed by atoms with van der Waals surface area (Å²) in [6.07, 6.45) is -0.902. The van der Waals surface area contributed by atoms with Crippen molar-refractivity contribution in [2.75, 3.05) is 6.61 Å². The minimum atomic E-state index is -0.902. The molecule has 2 atom stereocenters. The number of hydrogen-bond donors (Lipinski definition) is 2. The molecule has 0 saturated heterocycles. The van der Waals surface area contributed by atoms with Crippen LogP contribution in [0.2, 0.25) is 0 Å². The Morgan fingerprint density at radius 3 is 2.64 bits per heavy atom. The van der Waals surface area contributed by atoms with Crippen LogP contribution in [0.5, 0.6) is 0 Å². The lowest BCUT2D eigenvalue weighted by molar-refractivity contribution is 0.0704. The van der Waals surface area contributed by atoms with Gasteiger partial charge in [0.25, 0.3) is 0 Å². The summed E-state index contributed by atoms with van der Waals surface area (Å²) in [5, 5.41) is 18.0. The summed E-state index contributed by atoms with van der Waals surface area (Å²) in [6, 6.07) is 3.28. The fourth-order valence-corrected chi connectivity index (χ4v) is 1.09. The molecule has 0 aromatic carbocycles. The van der Waals surface area contributed by atoms with E-state index in [0.29, 0.717) is 11.3 Å².